The van der Waals surface area contributed by atoms with Crippen molar-refractivity contribution in [3.8, 4) is 11.3 Å². The van der Waals surface area contributed by atoms with Gasteiger partial charge in [0.1, 0.15) is 12.3 Å². The molecule has 33 heavy (non-hydrogen) atoms. The van der Waals surface area contributed by atoms with Gasteiger partial charge in [0.15, 0.2) is 5.65 Å². The molecular formula is C25H28N6O2. The number of furan rings is 1. The van der Waals surface area contributed by atoms with Gasteiger partial charge in [0.05, 0.1) is 29.1 Å². The first kappa shape index (κ1) is 21.3. The Morgan fingerprint density at radius 2 is 2.09 bits per heavy atom. The van der Waals surface area contributed by atoms with E-state index in [1.807, 2.05) is 30.3 Å². The van der Waals surface area contributed by atoms with E-state index in [1.54, 1.807) is 29.5 Å². The normalized spacial score (nSPS) is 15.2. The predicted octanol–water partition coefficient (Wildman–Crippen LogP) is 3.60. The van der Waals surface area contributed by atoms with Crippen molar-refractivity contribution in [3.63, 3.8) is 0 Å². The van der Waals surface area contributed by atoms with Gasteiger partial charge in [-0.3, -0.25) is 9.78 Å². The first-order valence-corrected chi connectivity index (χ1v) is 11.5. The minimum atomic E-state index is -0.113. The molecule has 1 saturated heterocycles. The monoisotopic (exact) mass is 444 g/mol. The predicted molar refractivity (Wildman–Crippen MR) is 126 cm³/mol. The average molecular weight is 445 g/mol. The highest BCUT2D eigenvalue weighted by Gasteiger charge is 2.20. The Morgan fingerprint density at radius 1 is 1.21 bits per heavy atom. The fourth-order valence-corrected chi connectivity index (χ4v) is 4.40. The molecule has 0 aliphatic carbocycles. The zero-order valence-corrected chi connectivity index (χ0v) is 18.8. The van der Waals surface area contributed by atoms with Crippen molar-refractivity contribution in [2.45, 2.75) is 26.3 Å². The zero-order chi connectivity index (χ0) is 22.6. The third-order valence-electron chi connectivity index (χ3n) is 6.08. The number of hydrogen-bond acceptors (Lipinski definition) is 6. The highest BCUT2D eigenvalue weighted by atomic mass is 16.3. The number of hydrogen-bond donors (Lipinski definition) is 1. The van der Waals surface area contributed by atoms with E-state index in [4.69, 9.17) is 9.40 Å². The lowest BCUT2D eigenvalue weighted by molar-refractivity contribution is 0.0946. The maximum atomic E-state index is 13.3. The van der Waals surface area contributed by atoms with Crippen LogP contribution in [-0.4, -0.2) is 56.7 Å². The summed E-state index contributed by atoms with van der Waals surface area (Å²) in [6.07, 6.45) is 9.36. The minimum Gasteiger partial charge on any atom is -0.467 e. The van der Waals surface area contributed by atoms with Gasteiger partial charge in [0.25, 0.3) is 5.91 Å². The lowest BCUT2D eigenvalue weighted by Crippen LogP contribution is -2.34. The lowest BCUT2D eigenvalue weighted by atomic mass is 10.1. The summed E-state index contributed by atoms with van der Waals surface area (Å²) in [7, 11) is 0. The van der Waals surface area contributed by atoms with Gasteiger partial charge in [-0.15, -0.1) is 0 Å². The van der Waals surface area contributed by atoms with Crippen LogP contribution in [0.4, 0.5) is 0 Å². The standard InChI is InChI=1S/C25H28N6O2/c1-18(16-30-9-2-3-10-30)13-27-25(32)21-12-23(19-6-4-8-26-14-19)29-24-22(21)15-28-31(24)17-20-7-5-11-33-20/h4-8,11-12,14-15,18H,2-3,9-10,13,16-17H2,1H3,(H,27,32). The van der Waals surface area contributed by atoms with Gasteiger partial charge in [-0.1, -0.05) is 6.92 Å². The molecule has 0 aromatic carbocycles. The molecule has 5 heterocycles. The highest BCUT2D eigenvalue weighted by Crippen LogP contribution is 2.25. The smallest absolute Gasteiger partial charge is 0.252 e. The number of aromatic nitrogens is 4. The zero-order valence-electron chi connectivity index (χ0n) is 18.8. The van der Waals surface area contributed by atoms with E-state index >= 15 is 0 Å². The third kappa shape index (κ3) is 4.80. The van der Waals surface area contributed by atoms with Crippen molar-refractivity contribution in [2.24, 2.45) is 5.92 Å². The molecule has 0 spiro atoms. The number of fused-ring (bicyclic) bond motifs is 1. The van der Waals surface area contributed by atoms with E-state index in [0.29, 0.717) is 35.9 Å². The maximum Gasteiger partial charge on any atom is 0.252 e. The number of nitrogens with one attached hydrogen (secondary N) is 1. The van der Waals surface area contributed by atoms with Gasteiger partial charge in [-0.25, -0.2) is 9.67 Å². The molecule has 1 aliphatic rings. The Hall–Kier alpha value is -3.52. The fourth-order valence-electron chi connectivity index (χ4n) is 4.40. The van der Waals surface area contributed by atoms with Gasteiger partial charge < -0.3 is 14.6 Å². The van der Waals surface area contributed by atoms with Gasteiger partial charge in [0.2, 0.25) is 0 Å². The molecule has 4 aromatic heterocycles. The van der Waals surface area contributed by atoms with E-state index in [-0.39, 0.29) is 5.91 Å². The number of amides is 1. The van der Waals surface area contributed by atoms with Crippen LogP contribution >= 0.6 is 0 Å². The van der Waals surface area contributed by atoms with E-state index in [0.717, 1.165) is 36.3 Å². The second kappa shape index (κ2) is 9.54. The van der Waals surface area contributed by atoms with Crippen LogP contribution < -0.4 is 5.32 Å². The molecule has 0 radical (unpaired) electrons. The molecule has 0 bridgehead atoms. The Balaban J connectivity index is 1.43. The fraction of sp³-hybridized carbons (Fsp3) is 0.360. The molecule has 1 atom stereocenters. The summed E-state index contributed by atoms with van der Waals surface area (Å²) in [5.41, 5.74) is 2.74. The Kier molecular flexibility index (Phi) is 6.17. The Bertz CT molecular complexity index is 1210. The van der Waals surface area contributed by atoms with Crippen molar-refractivity contribution in [3.05, 3.63) is 66.5 Å². The molecule has 5 rings (SSSR count). The van der Waals surface area contributed by atoms with Crippen LogP contribution in [0.5, 0.6) is 0 Å². The molecule has 1 N–H and O–H groups in total. The molecule has 1 unspecified atom stereocenters. The topological polar surface area (TPSA) is 89.1 Å². The minimum absolute atomic E-state index is 0.113. The largest absolute Gasteiger partial charge is 0.467 e. The van der Waals surface area contributed by atoms with E-state index in [2.05, 4.69) is 27.2 Å². The summed E-state index contributed by atoms with van der Waals surface area (Å²) < 4.78 is 7.25. The van der Waals surface area contributed by atoms with Crippen LogP contribution in [0.1, 0.15) is 35.9 Å². The summed E-state index contributed by atoms with van der Waals surface area (Å²) in [5.74, 6) is 1.04. The summed E-state index contributed by atoms with van der Waals surface area (Å²) in [5, 5.41) is 8.36. The molecule has 8 heteroatoms. The van der Waals surface area contributed by atoms with E-state index < -0.39 is 0 Å². The van der Waals surface area contributed by atoms with Crippen LogP contribution in [0.15, 0.2) is 59.6 Å². The van der Waals surface area contributed by atoms with Crippen LogP contribution in [0.3, 0.4) is 0 Å². The van der Waals surface area contributed by atoms with Gasteiger partial charge in [-0.05, 0) is 62.2 Å². The van der Waals surface area contributed by atoms with Gasteiger partial charge >= 0.3 is 0 Å². The van der Waals surface area contributed by atoms with Crippen molar-refractivity contribution in [1.29, 1.82) is 0 Å². The second-order valence-electron chi connectivity index (χ2n) is 8.74. The van der Waals surface area contributed by atoms with Gasteiger partial charge in [-0.2, -0.15) is 5.10 Å². The van der Waals surface area contributed by atoms with Crippen molar-refractivity contribution >= 4 is 16.9 Å². The second-order valence-corrected chi connectivity index (χ2v) is 8.74. The lowest BCUT2D eigenvalue weighted by Gasteiger charge is -2.20. The Labute approximate surface area is 192 Å². The molecule has 8 nitrogen and oxygen atoms in total. The first-order valence-electron chi connectivity index (χ1n) is 11.5. The molecule has 1 fully saturated rings. The van der Waals surface area contributed by atoms with Crippen LogP contribution in [0.25, 0.3) is 22.3 Å². The van der Waals surface area contributed by atoms with Crippen LogP contribution in [0.2, 0.25) is 0 Å². The Morgan fingerprint density at radius 3 is 2.85 bits per heavy atom. The third-order valence-corrected chi connectivity index (χ3v) is 6.08. The van der Waals surface area contributed by atoms with Crippen LogP contribution in [0, 0.1) is 5.92 Å². The molecular weight excluding hydrogens is 416 g/mol. The molecule has 4 aromatic rings. The molecule has 170 valence electrons. The summed E-state index contributed by atoms with van der Waals surface area (Å²) in [6, 6.07) is 9.37. The number of carbonyl (C=O) groups is 1. The van der Waals surface area contributed by atoms with Crippen LogP contribution in [-0.2, 0) is 6.54 Å². The van der Waals surface area contributed by atoms with E-state index in [1.165, 1.54) is 12.8 Å². The number of carbonyl (C=O) groups excluding carboxylic acids is 1. The SMILES string of the molecule is CC(CNC(=O)c1cc(-c2cccnc2)nc2c1cnn2Cc1ccco1)CN1CCCC1. The maximum absolute atomic E-state index is 13.3. The summed E-state index contributed by atoms with van der Waals surface area (Å²) in [4.78, 5) is 24.8. The molecule has 0 saturated carbocycles. The number of rotatable bonds is 8. The molecule has 1 amide bonds. The number of pyridine rings is 2. The van der Waals surface area contributed by atoms with Crippen molar-refractivity contribution in [2.75, 3.05) is 26.2 Å². The van der Waals surface area contributed by atoms with E-state index in [9.17, 15) is 4.79 Å². The number of likely N-dealkylation sites (tertiary alicyclic amines) is 1. The number of nitrogens with zero attached hydrogens (tertiary/aromatic N) is 5. The summed E-state index contributed by atoms with van der Waals surface area (Å²) in [6.45, 7) is 6.58. The quantitative estimate of drug-likeness (QED) is 0.447. The average Bonchev–Trinajstić information content (AvgIpc) is 3.61. The first-order chi connectivity index (χ1) is 16.2. The van der Waals surface area contributed by atoms with Gasteiger partial charge in [0, 0.05) is 31.0 Å². The highest BCUT2D eigenvalue weighted by molar-refractivity contribution is 6.06. The molecule has 1 aliphatic heterocycles. The van der Waals surface area contributed by atoms with Crippen molar-refractivity contribution in [1.82, 2.24) is 30.0 Å². The van der Waals surface area contributed by atoms with Crippen molar-refractivity contribution < 1.29 is 9.21 Å². The summed E-state index contributed by atoms with van der Waals surface area (Å²) >= 11 is 0.